The minimum Gasteiger partial charge on any atom is -0.508 e. The van der Waals surface area contributed by atoms with Crippen molar-refractivity contribution < 1.29 is 5.11 Å². The second kappa shape index (κ2) is 6.65. The van der Waals surface area contributed by atoms with Crippen LogP contribution < -0.4 is 0 Å². The SMILES string of the molecule is CCC(C)N(C)C[C@H](C)Cc1cccc(O)c1. The van der Waals surface area contributed by atoms with E-state index >= 15 is 0 Å². The van der Waals surface area contributed by atoms with Crippen molar-refractivity contribution in [1.82, 2.24) is 4.90 Å². The number of hydrogen-bond acceptors (Lipinski definition) is 2. The van der Waals surface area contributed by atoms with Crippen LogP contribution in [0.2, 0.25) is 0 Å². The monoisotopic (exact) mass is 235 g/mol. The highest BCUT2D eigenvalue weighted by atomic mass is 16.3. The van der Waals surface area contributed by atoms with Gasteiger partial charge < -0.3 is 10.0 Å². The Labute approximate surface area is 105 Å². The largest absolute Gasteiger partial charge is 0.508 e. The molecule has 0 aliphatic rings. The molecule has 0 aliphatic heterocycles. The van der Waals surface area contributed by atoms with Crippen molar-refractivity contribution in [1.29, 1.82) is 0 Å². The number of benzene rings is 1. The van der Waals surface area contributed by atoms with Crippen LogP contribution in [0.5, 0.6) is 5.75 Å². The van der Waals surface area contributed by atoms with Crippen LogP contribution in [0.1, 0.15) is 32.8 Å². The molecule has 0 radical (unpaired) electrons. The van der Waals surface area contributed by atoms with Gasteiger partial charge in [0.05, 0.1) is 0 Å². The standard InChI is InChI=1S/C15H25NO/c1-5-13(3)16(4)11-12(2)9-14-7-6-8-15(17)10-14/h6-8,10,12-13,17H,5,9,11H2,1-4H3/t12-,13?/m1/s1. The normalized spacial score (nSPS) is 14.9. The predicted molar refractivity (Wildman–Crippen MR) is 73.4 cm³/mol. The lowest BCUT2D eigenvalue weighted by atomic mass is 10.00. The molecule has 0 heterocycles. The fraction of sp³-hybridized carbons (Fsp3) is 0.600. The summed E-state index contributed by atoms with van der Waals surface area (Å²) in [6.07, 6.45) is 2.21. The Kier molecular flexibility index (Phi) is 5.49. The van der Waals surface area contributed by atoms with E-state index in [1.165, 1.54) is 12.0 Å². The zero-order valence-corrected chi connectivity index (χ0v) is 11.5. The molecule has 0 fully saturated rings. The number of hydrogen-bond donors (Lipinski definition) is 1. The lowest BCUT2D eigenvalue weighted by Crippen LogP contribution is -2.33. The van der Waals surface area contributed by atoms with Gasteiger partial charge in [-0.25, -0.2) is 0 Å². The van der Waals surface area contributed by atoms with E-state index in [1.807, 2.05) is 12.1 Å². The van der Waals surface area contributed by atoms with Gasteiger partial charge in [0.15, 0.2) is 0 Å². The van der Waals surface area contributed by atoms with E-state index in [0.717, 1.165) is 13.0 Å². The summed E-state index contributed by atoms with van der Waals surface area (Å²) in [4.78, 5) is 2.41. The van der Waals surface area contributed by atoms with E-state index in [0.29, 0.717) is 17.7 Å². The van der Waals surface area contributed by atoms with E-state index in [2.05, 4.69) is 38.8 Å². The molecule has 1 N–H and O–H groups in total. The van der Waals surface area contributed by atoms with Crippen molar-refractivity contribution in [3.8, 4) is 5.75 Å². The summed E-state index contributed by atoms with van der Waals surface area (Å²) in [5.41, 5.74) is 1.22. The Morgan fingerprint density at radius 1 is 1.29 bits per heavy atom. The highest BCUT2D eigenvalue weighted by Crippen LogP contribution is 2.16. The van der Waals surface area contributed by atoms with Crippen LogP contribution in [0.25, 0.3) is 0 Å². The molecule has 0 bridgehead atoms. The molecule has 1 rings (SSSR count). The molecule has 0 spiro atoms. The van der Waals surface area contributed by atoms with Crippen LogP contribution in [0.3, 0.4) is 0 Å². The zero-order valence-electron chi connectivity index (χ0n) is 11.5. The Morgan fingerprint density at radius 2 is 2.00 bits per heavy atom. The fourth-order valence-electron chi connectivity index (χ4n) is 2.13. The van der Waals surface area contributed by atoms with Crippen LogP contribution in [0.4, 0.5) is 0 Å². The quantitative estimate of drug-likeness (QED) is 0.817. The maximum absolute atomic E-state index is 9.42. The average Bonchev–Trinajstić information content (AvgIpc) is 2.27. The summed E-state index contributed by atoms with van der Waals surface area (Å²) in [5.74, 6) is 0.973. The minimum absolute atomic E-state index is 0.366. The molecule has 1 unspecified atom stereocenters. The molecule has 2 heteroatoms. The zero-order chi connectivity index (χ0) is 12.8. The van der Waals surface area contributed by atoms with Gasteiger partial charge in [-0.15, -0.1) is 0 Å². The number of phenolic OH excluding ortho intramolecular Hbond substituents is 1. The molecular formula is C15H25NO. The van der Waals surface area contributed by atoms with Crippen LogP contribution in [-0.4, -0.2) is 29.6 Å². The molecule has 96 valence electrons. The Balaban J connectivity index is 2.47. The summed E-state index contributed by atoms with van der Waals surface area (Å²) in [6, 6.07) is 8.22. The summed E-state index contributed by atoms with van der Waals surface area (Å²) in [6.45, 7) is 7.86. The van der Waals surface area contributed by atoms with Gasteiger partial charge in [-0.05, 0) is 50.4 Å². The summed E-state index contributed by atoms with van der Waals surface area (Å²) in [7, 11) is 2.19. The average molecular weight is 235 g/mol. The molecule has 1 aromatic rings. The maximum atomic E-state index is 9.42. The van der Waals surface area contributed by atoms with Crippen molar-refractivity contribution in [3.05, 3.63) is 29.8 Å². The summed E-state index contributed by atoms with van der Waals surface area (Å²) < 4.78 is 0. The van der Waals surface area contributed by atoms with Gasteiger partial charge in [0.2, 0.25) is 0 Å². The predicted octanol–water partition coefficient (Wildman–Crippen LogP) is 3.30. The van der Waals surface area contributed by atoms with E-state index < -0.39 is 0 Å². The van der Waals surface area contributed by atoms with Crippen molar-refractivity contribution in [3.63, 3.8) is 0 Å². The minimum atomic E-state index is 0.366. The molecule has 0 aliphatic carbocycles. The third kappa shape index (κ3) is 4.78. The molecule has 2 atom stereocenters. The first-order valence-corrected chi connectivity index (χ1v) is 6.51. The Bertz CT molecular complexity index is 337. The van der Waals surface area contributed by atoms with E-state index in [-0.39, 0.29) is 0 Å². The smallest absolute Gasteiger partial charge is 0.115 e. The molecule has 17 heavy (non-hydrogen) atoms. The van der Waals surface area contributed by atoms with Crippen molar-refractivity contribution in [2.24, 2.45) is 5.92 Å². The lowest BCUT2D eigenvalue weighted by Gasteiger charge is -2.26. The second-order valence-corrected chi connectivity index (χ2v) is 5.18. The summed E-state index contributed by atoms with van der Waals surface area (Å²) >= 11 is 0. The number of nitrogens with zero attached hydrogens (tertiary/aromatic N) is 1. The van der Waals surface area contributed by atoms with Gasteiger partial charge in [-0.3, -0.25) is 0 Å². The first-order valence-electron chi connectivity index (χ1n) is 6.51. The van der Waals surface area contributed by atoms with Crippen molar-refractivity contribution in [2.75, 3.05) is 13.6 Å². The maximum Gasteiger partial charge on any atom is 0.115 e. The molecule has 1 aromatic carbocycles. The van der Waals surface area contributed by atoms with Crippen molar-refractivity contribution >= 4 is 0 Å². The molecule has 0 saturated carbocycles. The summed E-state index contributed by atoms with van der Waals surface area (Å²) in [5, 5.41) is 9.42. The van der Waals surface area contributed by atoms with Crippen LogP contribution in [0.15, 0.2) is 24.3 Å². The van der Waals surface area contributed by atoms with Gasteiger partial charge in [0, 0.05) is 12.6 Å². The first-order chi connectivity index (χ1) is 8.02. The first kappa shape index (κ1) is 14.0. The second-order valence-electron chi connectivity index (χ2n) is 5.18. The number of rotatable bonds is 6. The molecule has 0 saturated heterocycles. The Hall–Kier alpha value is -1.02. The number of aromatic hydroxyl groups is 1. The van der Waals surface area contributed by atoms with Crippen LogP contribution in [-0.2, 0) is 6.42 Å². The fourth-order valence-corrected chi connectivity index (χ4v) is 2.13. The van der Waals surface area contributed by atoms with E-state index in [1.54, 1.807) is 6.07 Å². The molecule has 0 amide bonds. The highest BCUT2D eigenvalue weighted by molar-refractivity contribution is 5.27. The van der Waals surface area contributed by atoms with Gasteiger partial charge in [-0.2, -0.15) is 0 Å². The molecule has 0 aromatic heterocycles. The van der Waals surface area contributed by atoms with Gasteiger partial charge >= 0.3 is 0 Å². The van der Waals surface area contributed by atoms with Gasteiger partial charge in [-0.1, -0.05) is 26.0 Å². The van der Waals surface area contributed by atoms with Crippen LogP contribution >= 0.6 is 0 Å². The third-order valence-corrected chi connectivity index (χ3v) is 3.44. The van der Waals surface area contributed by atoms with Gasteiger partial charge in [0.25, 0.3) is 0 Å². The number of phenols is 1. The van der Waals surface area contributed by atoms with Crippen LogP contribution in [0, 0.1) is 5.92 Å². The van der Waals surface area contributed by atoms with E-state index in [4.69, 9.17) is 0 Å². The lowest BCUT2D eigenvalue weighted by molar-refractivity contribution is 0.219. The molecule has 2 nitrogen and oxygen atoms in total. The Morgan fingerprint density at radius 3 is 2.59 bits per heavy atom. The highest BCUT2D eigenvalue weighted by Gasteiger charge is 2.11. The van der Waals surface area contributed by atoms with E-state index in [9.17, 15) is 5.11 Å². The topological polar surface area (TPSA) is 23.5 Å². The molecular weight excluding hydrogens is 210 g/mol. The third-order valence-electron chi connectivity index (χ3n) is 3.44. The van der Waals surface area contributed by atoms with Gasteiger partial charge in [0.1, 0.15) is 5.75 Å². The van der Waals surface area contributed by atoms with Crippen molar-refractivity contribution in [2.45, 2.75) is 39.7 Å².